The van der Waals surface area contributed by atoms with Crippen LogP contribution in [0.2, 0.25) is 0 Å². The maximum Gasteiger partial charge on any atom is 0.311 e. The van der Waals surface area contributed by atoms with E-state index in [4.69, 9.17) is 0 Å². The van der Waals surface area contributed by atoms with Gasteiger partial charge in [-0.3, -0.25) is 14.9 Å². The molecule has 5 nitrogen and oxygen atoms in total. The number of aliphatic hydroxyl groups is 1. The van der Waals surface area contributed by atoms with Crippen LogP contribution in [-0.4, -0.2) is 22.4 Å². The molecule has 4 aliphatic rings. The molecular formula is C22H30FNO4. The number of Topliss-reactive ketones (excluding diaryl/α,β-unsaturated/α-hetero) is 1. The predicted molar refractivity (Wildman–Crippen MR) is 102 cm³/mol. The number of allylic oxidation sites excluding steroid dienone is 2. The molecule has 0 radical (unpaired) electrons. The summed E-state index contributed by atoms with van der Waals surface area (Å²) in [5, 5.41) is 21.0. The van der Waals surface area contributed by atoms with E-state index in [1.165, 1.54) is 0 Å². The Bertz CT molecular complexity index is 802. The fourth-order valence-electron chi connectivity index (χ4n) is 7.75. The Labute approximate surface area is 165 Å². The molecule has 0 amide bonds. The van der Waals surface area contributed by atoms with Crippen molar-refractivity contribution < 1.29 is 19.2 Å². The molecule has 0 aliphatic heterocycles. The Morgan fingerprint density at radius 2 is 1.96 bits per heavy atom. The molecule has 4 aliphatic carbocycles. The summed E-state index contributed by atoms with van der Waals surface area (Å²) in [5.74, 6) is 0.662. The highest BCUT2D eigenvalue weighted by molar-refractivity contribution is 5.95. The second kappa shape index (κ2) is 6.48. The normalized spacial score (nSPS) is 44.7. The number of carbonyl (C=O) groups is 1. The Morgan fingerprint density at radius 3 is 2.61 bits per heavy atom. The number of fused-ring (bicyclic) bond motifs is 5. The van der Waals surface area contributed by atoms with Crippen LogP contribution in [0.3, 0.4) is 0 Å². The van der Waals surface area contributed by atoms with E-state index in [1.807, 2.05) is 0 Å². The summed E-state index contributed by atoms with van der Waals surface area (Å²) in [6.07, 6.45) is 4.79. The standard InChI is InChI=1S/C22H30FNO4/c1-12-10-16(17(23)11-25)22(3)8-6-14-13(19(12)22)4-5-15-20(24(27)28)18(26)7-9-21(14,15)2/h12-14,19,25H,4-11H2,1-3H3/t12-,13+,14-,19-,21+,22+/m0/s1. The number of hydrogen-bond donors (Lipinski definition) is 1. The Balaban J connectivity index is 1.77. The molecule has 4 rings (SSSR count). The second-order valence-corrected chi connectivity index (χ2v) is 9.94. The zero-order chi connectivity index (χ0) is 20.4. The van der Waals surface area contributed by atoms with Gasteiger partial charge in [-0.25, -0.2) is 4.39 Å². The van der Waals surface area contributed by atoms with Gasteiger partial charge in [0.05, 0.1) is 11.5 Å². The number of hydrogen-bond acceptors (Lipinski definition) is 4. The van der Waals surface area contributed by atoms with Crippen LogP contribution in [0.5, 0.6) is 0 Å². The Kier molecular flexibility index (Phi) is 4.57. The minimum absolute atomic E-state index is 0.146. The molecule has 28 heavy (non-hydrogen) atoms. The van der Waals surface area contributed by atoms with E-state index in [2.05, 4.69) is 20.8 Å². The summed E-state index contributed by atoms with van der Waals surface area (Å²) in [4.78, 5) is 23.4. The third-order valence-electron chi connectivity index (χ3n) is 8.82. The number of nitro groups is 1. The van der Waals surface area contributed by atoms with E-state index in [9.17, 15) is 24.4 Å². The first kappa shape index (κ1) is 19.7. The summed E-state index contributed by atoms with van der Waals surface area (Å²) in [7, 11) is 0. The van der Waals surface area contributed by atoms with Gasteiger partial charge in [-0.1, -0.05) is 20.8 Å². The predicted octanol–water partition coefficient (Wildman–Crippen LogP) is 4.58. The van der Waals surface area contributed by atoms with Crippen LogP contribution >= 0.6 is 0 Å². The van der Waals surface area contributed by atoms with Crippen molar-refractivity contribution in [2.75, 3.05) is 6.61 Å². The molecule has 154 valence electrons. The van der Waals surface area contributed by atoms with Gasteiger partial charge >= 0.3 is 5.70 Å². The van der Waals surface area contributed by atoms with Crippen molar-refractivity contribution in [3.05, 3.63) is 32.8 Å². The number of nitrogens with zero attached hydrogens (tertiary/aromatic N) is 1. The van der Waals surface area contributed by atoms with Gasteiger partial charge in [0.1, 0.15) is 5.83 Å². The van der Waals surface area contributed by atoms with Gasteiger partial charge in [-0.2, -0.15) is 0 Å². The van der Waals surface area contributed by atoms with Crippen LogP contribution < -0.4 is 0 Å². The lowest BCUT2D eigenvalue weighted by Gasteiger charge is -2.57. The van der Waals surface area contributed by atoms with E-state index >= 15 is 0 Å². The molecule has 6 heteroatoms. The fourth-order valence-corrected chi connectivity index (χ4v) is 7.75. The van der Waals surface area contributed by atoms with Crippen molar-refractivity contribution in [3.8, 4) is 0 Å². The van der Waals surface area contributed by atoms with Crippen LogP contribution in [0.25, 0.3) is 0 Å². The zero-order valence-electron chi connectivity index (χ0n) is 17.0. The molecular weight excluding hydrogens is 361 g/mol. The lowest BCUT2D eigenvalue weighted by Crippen LogP contribution is -2.51. The van der Waals surface area contributed by atoms with Crippen molar-refractivity contribution in [2.24, 2.45) is 34.5 Å². The van der Waals surface area contributed by atoms with E-state index in [1.54, 1.807) is 0 Å². The third-order valence-corrected chi connectivity index (χ3v) is 8.82. The van der Waals surface area contributed by atoms with Gasteiger partial charge < -0.3 is 5.11 Å². The van der Waals surface area contributed by atoms with Crippen molar-refractivity contribution in [1.29, 1.82) is 0 Å². The summed E-state index contributed by atoms with van der Waals surface area (Å²) >= 11 is 0. The quantitative estimate of drug-likeness (QED) is 0.552. The highest BCUT2D eigenvalue weighted by Gasteiger charge is 2.61. The van der Waals surface area contributed by atoms with E-state index in [0.29, 0.717) is 42.9 Å². The van der Waals surface area contributed by atoms with Crippen LogP contribution in [0.15, 0.2) is 22.7 Å². The Morgan fingerprint density at radius 1 is 1.25 bits per heavy atom. The molecule has 1 N–H and O–H groups in total. The summed E-state index contributed by atoms with van der Waals surface area (Å²) in [6.45, 7) is 5.94. The molecule has 0 unspecified atom stereocenters. The summed E-state index contributed by atoms with van der Waals surface area (Å²) in [6, 6.07) is 0. The lowest BCUT2D eigenvalue weighted by atomic mass is 9.46. The third kappa shape index (κ3) is 2.49. The topological polar surface area (TPSA) is 80.4 Å². The SMILES string of the molecule is C[C@H]1CC(=C(F)CO)[C@@]2(C)CC[C@H]3[C@@H](CCC4=C([N+](=O)[O-])C(=O)CC[C@@]43C)[C@H]12. The smallest absolute Gasteiger partial charge is 0.311 e. The second-order valence-electron chi connectivity index (χ2n) is 9.94. The van der Waals surface area contributed by atoms with Gasteiger partial charge in [0.15, 0.2) is 0 Å². The van der Waals surface area contributed by atoms with Gasteiger partial charge in [0.25, 0.3) is 0 Å². The van der Waals surface area contributed by atoms with Crippen LogP contribution in [0.1, 0.15) is 65.7 Å². The zero-order valence-corrected chi connectivity index (χ0v) is 17.0. The molecule has 0 aromatic rings. The van der Waals surface area contributed by atoms with Gasteiger partial charge in [0.2, 0.25) is 5.78 Å². The van der Waals surface area contributed by atoms with Crippen molar-refractivity contribution in [3.63, 3.8) is 0 Å². The van der Waals surface area contributed by atoms with Gasteiger partial charge in [0, 0.05) is 12.0 Å². The molecule has 0 aromatic carbocycles. The molecule has 0 aromatic heterocycles. The average molecular weight is 391 g/mol. The summed E-state index contributed by atoms with van der Waals surface area (Å²) in [5.41, 5.74) is 0.875. The molecule has 0 bridgehead atoms. The average Bonchev–Trinajstić information content (AvgIpc) is 2.92. The monoisotopic (exact) mass is 391 g/mol. The highest BCUT2D eigenvalue weighted by Crippen LogP contribution is 2.68. The fraction of sp³-hybridized carbons (Fsp3) is 0.773. The lowest BCUT2D eigenvalue weighted by molar-refractivity contribution is -0.422. The van der Waals surface area contributed by atoms with E-state index < -0.39 is 11.5 Å². The summed E-state index contributed by atoms with van der Waals surface area (Å²) < 4.78 is 14.5. The van der Waals surface area contributed by atoms with Crippen molar-refractivity contribution in [2.45, 2.75) is 65.7 Å². The molecule has 0 spiro atoms. The van der Waals surface area contributed by atoms with Gasteiger partial charge in [-0.05, 0) is 78.6 Å². The minimum atomic E-state index is -0.530. The van der Waals surface area contributed by atoms with E-state index in [-0.39, 0.29) is 34.6 Å². The van der Waals surface area contributed by atoms with Crippen LogP contribution in [0.4, 0.5) is 4.39 Å². The maximum atomic E-state index is 14.5. The number of rotatable bonds is 2. The van der Waals surface area contributed by atoms with Crippen LogP contribution in [-0.2, 0) is 4.79 Å². The maximum absolute atomic E-state index is 14.5. The largest absolute Gasteiger partial charge is 0.389 e. The van der Waals surface area contributed by atoms with Crippen LogP contribution in [0, 0.1) is 44.6 Å². The van der Waals surface area contributed by atoms with Gasteiger partial charge in [-0.15, -0.1) is 0 Å². The minimum Gasteiger partial charge on any atom is -0.389 e. The molecule has 3 saturated carbocycles. The Hall–Kier alpha value is -1.56. The number of ketones is 1. The van der Waals surface area contributed by atoms with Crippen molar-refractivity contribution in [1.82, 2.24) is 0 Å². The molecule has 3 fully saturated rings. The van der Waals surface area contributed by atoms with E-state index in [0.717, 1.165) is 30.4 Å². The molecule has 0 saturated heterocycles. The number of aliphatic hydroxyl groups excluding tert-OH is 1. The first-order valence-electron chi connectivity index (χ1n) is 10.5. The first-order chi connectivity index (χ1) is 13.1. The highest BCUT2D eigenvalue weighted by atomic mass is 19.1. The molecule has 0 heterocycles. The van der Waals surface area contributed by atoms with Crippen molar-refractivity contribution >= 4 is 5.78 Å². The number of halogens is 1. The first-order valence-corrected chi connectivity index (χ1v) is 10.5. The molecule has 6 atom stereocenters. The number of carbonyl (C=O) groups excluding carboxylic acids is 1.